The minimum atomic E-state index is -0.228. The lowest BCUT2D eigenvalue weighted by atomic mass is 10.3. The Bertz CT molecular complexity index is 567. The van der Waals surface area contributed by atoms with E-state index in [0.29, 0.717) is 18.4 Å². The molecular formula is C13H19N7O. The van der Waals surface area contributed by atoms with E-state index < -0.39 is 0 Å². The molecule has 0 aliphatic carbocycles. The molecule has 0 saturated heterocycles. The average Bonchev–Trinajstić information content (AvgIpc) is 2.91. The summed E-state index contributed by atoms with van der Waals surface area (Å²) in [5.41, 5.74) is 6.08. The standard InChI is InChI=1S/C13H19N7O/c1-10(2)15-7-11-8-20(19-16-11)9-13(21)18-17-12-5-3-4-6-14-12/h3-6,8,10,15H,7,9H2,1-2H3,(H,14,17)(H,18,21). The van der Waals surface area contributed by atoms with Gasteiger partial charge in [0.15, 0.2) is 0 Å². The number of anilines is 1. The number of aromatic nitrogens is 4. The highest BCUT2D eigenvalue weighted by Gasteiger charge is 2.06. The van der Waals surface area contributed by atoms with Crippen LogP contribution in [-0.4, -0.2) is 31.9 Å². The molecule has 3 N–H and O–H groups in total. The molecule has 8 heteroatoms. The van der Waals surface area contributed by atoms with Crippen molar-refractivity contribution in [2.45, 2.75) is 33.0 Å². The van der Waals surface area contributed by atoms with E-state index in [4.69, 9.17) is 0 Å². The number of hydrazine groups is 1. The molecule has 0 fully saturated rings. The molecule has 0 bridgehead atoms. The highest BCUT2D eigenvalue weighted by Crippen LogP contribution is 1.97. The zero-order valence-electron chi connectivity index (χ0n) is 12.1. The topological polar surface area (TPSA) is 96.8 Å². The van der Waals surface area contributed by atoms with Crippen LogP contribution in [0.4, 0.5) is 5.82 Å². The number of hydrogen-bond acceptors (Lipinski definition) is 6. The predicted octanol–water partition coefficient (Wildman–Crippen LogP) is 0.314. The first-order valence-electron chi connectivity index (χ1n) is 6.72. The molecule has 0 spiro atoms. The van der Waals surface area contributed by atoms with Gasteiger partial charge in [-0.25, -0.2) is 9.67 Å². The monoisotopic (exact) mass is 289 g/mol. The van der Waals surface area contributed by atoms with Crippen LogP contribution in [0.1, 0.15) is 19.5 Å². The maximum absolute atomic E-state index is 11.8. The molecule has 2 heterocycles. The number of amides is 1. The highest BCUT2D eigenvalue weighted by atomic mass is 16.2. The largest absolute Gasteiger partial charge is 0.309 e. The smallest absolute Gasteiger partial charge is 0.260 e. The molecule has 2 aromatic heterocycles. The highest BCUT2D eigenvalue weighted by molar-refractivity contribution is 5.76. The predicted molar refractivity (Wildman–Crippen MR) is 78.0 cm³/mol. The summed E-state index contributed by atoms with van der Waals surface area (Å²) in [6.07, 6.45) is 3.38. The van der Waals surface area contributed by atoms with Crippen molar-refractivity contribution in [1.82, 2.24) is 30.7 Å². The third-order valence-corrected chi connectivity index (χ3v) is 2.58. The lowest BCUT2D eigenvalue weighted by molar-refractivity contribution is -0.121. The van der Waals surface area contributed by atoms with Crippen LogP contribution in [0.5, 0.6) is 0 Å². The summed E-state index contributed by atoms with van der Waals surface area (Å²) in [4.78, 5) is 15.8. The molecule has 0 saturated carbocycles. The second-order valence-corrected chi connectivity index (χ2v) is 4.83. The van der Waals surface area contributed by atoms with Gasteiger partial charge >= 0.3 is 0 Å². The number of nitrogens with one attached hydrogen (secondary N) is 3. The van der Waals surface area contributed by atoms with E-state index in [1.807, 2.05) is 6.07 Å². The molecule has 0 unspecified atom stereocenters. The Labute approximate surface area is 122 Å². The van der Waals surface area contributed by atoms with Crippen LogP contribution in [0.3, 0.4) is 0 Å². The molecule has 0 radical (unpaired) electrons. The van der Waals surface area contributed by atoms with Crippen LogP contribution in [0.25, 0.3) is 0 Å². The molecule has 8 nitrogen and oxygen atoms in total. The third-order valence-electron chi connectivity index (χ3n) is 2.58. The number of hydrogen-bond donors (Lipinski definition) is 3. The first-order valence-corrected chi connectivity index (χ1v) is 6.72. The Kier molecular flexibility index (Phi) is 5.22. The van der Waals surface area contributed by atoms with Crippen LogP contribution >= 0.6 is 0 Å². The molecule has 2 rings (SSSR count). The molecular weight excluding hydrogens is 270 g/mol. The van der Waals surface area contributed by atoms with Crippen LogP contribution < -0.4 is 16.2 Å². The van der Waals surface area contributed by atoms with E-state index in [0.717, 1.165) is 5.69 Å². The van der Waals surface area contributed by atoms with Gasteiger partial charge < -0.3 is 5.32 Å². The molecule has 112 valence electrons. The average molecular weight is 289 g/mol. The zero-order valence-corrected chi connectivity index (χ0v) is 12.1. The second kappa shape index (κ2) is 7.34. The van der Waals surface area contributed by atoms with Crippen molar-refractivity contribution in [1.29, 1.82) is 0 Å². The summed E-state index contributed by atoms with van der Waals surface area (Å²) >= 11 is 0. The van der Waals surface area contributed by atoms with E-state index >= 15 is 0 Å². The summed E-state index contributed by atoms with van der Waals surface area (Å²) in [5, 5.41) is 11.1. The quantitative estimate of drug-likeness (QED) is 0.635. The van der Waals surface area contributed by atoms with E-state index in [1.54, 1.807) is 24.5 Å². The van der Waals surface area contributed by atoms with Gasteiger partial charge in [0.05, 0.1) is 11.9 Å². The molecule has 1 amide bonds. The molecule has 0 aliphatic rings. The van der Waals surface area contributed by atoms with Gasteiger partial charge in [-0.1, -0.05) is 25.1 Å². The van der Waals surface area contributed by atoms with E-state index in [2.05, 4.69) is 45.3 Å². The number of rotatable bonds is 7. The minimum absolute atomic E-state index is 0.0918. The first-order chi connectivity index (χ1) is 10.1. The fourth-order valence-electron chi connectivity index (χ4n) is 1.56. The van der Waals surface area contributed by atoms with Crippen LogP contribution in [-0.2, 0) is 17.9 Å². The molecule has 0 aromatic carbocycles. The molecule has 21 heavy (non-hydrogen) atoms. The van der Waals surface area contributed by atoms with E-state index in [1.165, 1.54) is 4.68 Å². The third kappa shape index (κ3) is 5.19. The van der Waals surface area contributed by atoms with Crippen LogP contribution in [0.2, 0.25) is 0 Å². The zero-order chi connectivity index (χ0) is 15.1. The van der Waals surface area contributed by atoms with Crippen molar-refractivity contribution in [2.75, 3.05) is 5.43 Å². The maximum atomic E-state index is 11.8. The van der Waals surface area contributed by atoms with Gasteiger partial charge in [0, 0.05) is 18.8 Å². The van der Waals surface area contributed by atoms with Crippen molar-refractivity contribution in [3.63, 3.8) is 0 Å². The number of pyridine rings is 1. The normalized spacial score (nSPS) is 10.6. The van der Waals surface area contributed by atoms with E-state index in [-0.39, 0.29) is 12.5 Å². The van der Waals surface area contributed by atoms with Crippen molar-refractivity contribution in [3.05, 3.63) is 36.3 Å². The summed E-state index contributed by atoms with van der Waals surface area (Å²) in [6, 6.07) is 5.76. The summed E-state index contributed by atoms with van der Waals surface area (Å²) in [6.45, 7) is 4.84. The molecule has 2 aromatic rings. The van der Waals surface area contributed by atoms with Gasteiger partial charge in [0.25, 0.3) is 5.91 Å². The van der Waals surface area contributed by atoms with Crippen molar-refractivity contribution >= 4 is 11.7 Å². The van der Waals surface area contributed by atoms with Gasteiger partial charge in [0.2, 0.25) is 0 Å². The van der Waals surface area contributed by atoms with Gasteiger partial charge in [-0.3, -0.25) is 15.6 Å². The van der Waals surface area contributed by atoms with Gasteiger partial charge in [-0.15, -0.1) is 5.10 Å². The fraction of sp³-hybridized carbons (Fsp3) is 0.385. The Morgan fingerprint density at radius 1 is 1.38 bits per heavy atom. The lowest BCUT2D eigenvalue weighted by Gasteiger charge is -2.07. The van der Waals surface area contributed by atoms with Crippen molar-refractivity contribution in [3.8, 4) is 0 Å². The Morgan fingerprint density at radius 3 is 2.95 bits per heavy atom. The van der Waals surface area contributed by atoms with Gasteiger partial charge in [-0.05, 0) is 12.1 Å². The second-order valence-electron chi connectivity index (χ2n) is 4.83. The van der Waals surface area contributed by atoms with Crippen molar-refractivity contribution in [2.24, 2.45) is 0 Å². The molecule has 0 atom stereocenters. The van der Waals surface area contributed by atoms with Gasteiger partial charge in [-0.2, -0.15) is 0 Å². The lowest BCUT2D eigenvalue weighted by Crippen LogP contribution is -2.33. The summed E-state index contributed by atoms with van der Waals surface area (Å²) in [7, 11) is 0. The van der Waals surface area contributed by atoms with E-state index in [9.17, 15) is 4.79 Å². The summed E-state index contributed by atoms with van der Waals surface area (Å²) in [5.74, 6) is 0.347. The van der Waals surface area contributed by atoms with Crippen LogP contribution in [0.15, 0.2) is 30.6 Å². The SMILES string of the molecule is CC(C)NCc1cn(CC(=O)NNc2ccccn2)nn1. The molecule has 0 aliphatic heterocycles. The number of nitrogens with zero attached hydrogens (tertiary/aromatic N) is 4. The van der Waals surface area contributed by atoms with Crippen molar-refractivity contribution < 1.29 is 4.79 Å². The number of carbonyl (C=O) groups excluding carboxylic acids is 1. The van der Waals surface area contributed by atoms with Gasteiger partial charge in [0.1, 0.15) is 12.4 Å². The Balaban J connectivity index is 1.77. The number of carbonyl (C=O) groups is 1. The Hall–Kier alpha value is -2.48. The summed E-state index contributed by atoms with van der Waals surface area (Å²) < 4.78 is 1.49. The Morgan fingerprint density at radius 2 is 2.24 bits per heavy atom. The minimum Gasteiger partial charge on any atom is -0.309 e. The van der Waals surface area contributed by atoms with Crippen LogP contribution in [0, 0.1) is 0 Å². The maximum Gasteiger partial charge on any atom is 0.260 e. The first kappa shape index (κ1) is 14.9. The fourth-order valence-corrected chi connectivity index (χ4v) is 1.56.